The molecule has 0 aromatic heterocycles. The van der Waals surface area contributed by atoms with Crippen molar-refractivity contribution in [2.75, 3.05) is 0 Å². The van der Waals surface area contributed by atoms with Gasteiger partial charge in [-0.2, -0.15) is 0 Å². The van der Waals surface area contributed by atoms with Gasteiger partial charge in [-0.05, 0) is 61.4 Å². The van der Waals surface area contributed by atoms with Gasteiger partial charge in [-0.15, -0.1) is 0 Å². The lowest BCUT2D eigenvalue weighted by atomic mass is 10.2. The molecule has 3 aromatic rings. The average Bonchev–Trinajstić information content (AvgIpc) is 2.51. The van der Waals surface area contributed by atoms with E-state index < -0.39 is 0 Å². The molecule has 3 aromatic carbocycles. The highest BCUT2D eigenvalue weighted by atomic mass is 16.5. The maximum Gasteiger partial charge on any atom is 0.172 e. The minimum atomic E-state index is 0.0723. The molecule has 1 N–H and O–H groups in total. The zero-order valence-corrected chi connectivity index (χ0v) is 13.1. The third-order valence-electron chi connectivity index (χ3n) is 3.37. The maximum atomic E-state index is 10.00. The number of aromatic hydroxyl groups is 1. The third-order valence-corrected chi connectivity index (χ3v) is 3.37. The molecular weight excluding hydrogens is 288 g/mol. The second-order valence-corrected chi connectivity index (χ2v) is 5.47. The largest absolute Gasteiger partial charge is 0.504 e. The number of phenols is 1. The molecule has 116 valence electrons. The number of aryl methyl sites for hydroxylation is 2. The Morgan fingerprint density at radius 2 is 1.22 bits per heavy atom. The van der Waals surface area contributed by atoms with Gasteiger partial charge < -0.3 is 14.6 Å². The predicted octanol–water partition coefficient (Wildman–Crippen LogP) is 5.59. The van der Waals surface area contributed by atoms with Crippen LogP contribution in [0.25, 0.3) is 0 Å². The molecule has 0 saturated carbocycles. The van der Waals surface area contributed by atoms with Crippen LogP contribution in [-0.2, 0) is 0 Å². The molecule has 0 fully saturated rings. The van der Waals surface area contributed by atoms with Crippen molar-refractivity contribution in [3.05, 3.63) is 77.9 Å². The fraction of sp³-hybridized carbons (Fsp3) is 0.100. The van der Waals surface area contributed by atoms with E-state index in [2.05, 4.69) is 0 Å². The summed E-state index contributed by atoms with van der Waals surface area (Å²) in [5, 5.41) is 10.00. The monoisotopic (exact) mass is 306 g/mol. The van der Waals surface area contributed by atoms with Crippen LogP contribution in [0.3, 0.4) is 0 Å². The number of benzene rings is 3. The van der Waals surface area contributed by atoms with Crippen LogP contribution in [0.15, 0.2) is 66.7 Å². The topological polar surface area (TPSA) is 38.7 Å². The molecule has 0 unspecified atom stereocenters. The minimum absolute atomic E-state index is 0.0723. The number of hydrogen-bond acceptors (Lipinski definition) is 3. The minimum Gasteiger partial charge on any atom is -0.504 e. The molecule has 0 aliphatic carbocycles. The van der Waals surface area contributed by atoms with E-state index in [1.54, 1.807) is 18.2 Å². The summed E-state index contributed by atoms with van der Waals surface area (Å²) in [4.78, 5) is 0. The van der Waals surface area contributed by atoms with Gasteiger partial charge in [-0.3, -0.25) is 0 Å². The van der Waals surface area contributed by atoms with Gasteiger partial charge in [0.1, 0.15) is 17.2 Å². The van der Waals surface area contributed by atoms with Crippen molar-refractivity contribution in [1.82, 2.24) is 0 Å². The van der Waals surface area contributed by atoms with E-state index >= 15 is 0 Å². The van der Waals surface area contributed by atoms with Gasteiger partial charge in [-0.25, -0.2) is 0 Å². The molecule has 0 saturated heterocycles. The van der Waals surface area contributed by atoms with Crippen LogP contribution in [-0.4, -0.2) is 5.11 Å². The van der Waals surface area contributed by atoms with Gasteiger partial charge in [0.05, 0.1) is 0 Å². The van der Waals surface area contributed by atoms with Crippen LogP contribution in [0, 0.1) is 13.8 Å². The van der Waals surface area contributed by atoms with Gasteiger partial charge in [0.15, 0.2) is 11.5 Å². The first kappa shape index (κ1) is 15.0. The van der Waals surface area contributed by atoms with Crippen LogP contribution in [0.5, 0.6) is 28.7 Å². The van der Waals surface area contributed by atoms with E-state index in [1.807, 2.05) is 62.4 Å². The first-order valence-corrected chi connectivity index (χ1v) is 7.42. The van der Waals surface area contributed by atoms with Gasteiger partial charge in [0, 0.05) is 6.07 Å². The molecular formula is C20H18O3. The van der Waals surface area contributed by atoms with E-state index in [0.29, 0.717) is 17.2 Å². The van der Waals surface area contributed by atoms with Crippen molar-refractivity contribution >= 4 is 0 Å². The lowest BCUT2D eigenvalue weighted by Crippen LogP contribution is -1.89. The van der Waals surface area contributed by atoms with Crippen LogP contribution in [0.2, 0.25) is 0 Å². The Morgan fingerprint density at radius 3 is 1.83 bits per heavy atom. The normalized spacial score (nSPS) is 10.3. The summed E-state index contributed by atoms with van der Waals surface area (Å²) in [6, 6.07) is 20.4. The first-order chi connectivity index (χ1) is 11.1. The van der Waals surface area contributed by atoms with Gasteiger partial charge >= 0.3 is 0 Å². The molecule has 0 bridgehead atoms. The average molecular weight is 306 g/mol. The molecule has 0 spiro atoms. The second kappa shape index (κ2) is 6.44. The number of phenolic OH excluding ortho intramolecular Hbond substituents is 1. The molecule has 0 radical (unpaired) electrons. The first-order valence-electron chi connectivity index (χ1n) is 7.42. The molecule has 0 atom stereocenters. The fourth-order valence-corrected chi connectivity index (χ4v) is 2.26. The third kappa shape index (κ3) is 3.83. The van der Waals surface area contributed by atoms with Gasteiger partial charge in [-0.1, -0.05) is 24.3 Å². The smallest absolute Gasteiger partial charge is 0.172 e. The van der Waals surface area contributed by atoms with E-state index in [-0.39, 0.29) is 5.75 Å². The molecule has 0 heterocycles. The molecule has 0 aliphatic heterocycles. The van der Waals surface area contributed by atoms with Crippen LogP contribution in [0.1, 0.15) is 11.1 Å². The van der Waals surface area contributed by atoms with E-state index in [0.717, 1.165) is 16.9 Å². The molecule has 23 heavy (non-hydrogen) atoms. The highest BCUT2D eigenvalue weighted by Gasteiger charge is 2.07. The predicted molar refractivity (Wildman–Crippen MR) is 90.6 cm³/mol. The fourth-order valence-electron chi connectivity index (χ4n) is 2.26. The maximum absolute atomic E-state index is 10.00. The van der Waals surface area contributed by atoms with E-state index in [4.69, 9.17) is 9.47 Å². The molecule has 3 heteroatoms. The van der Waals surface area contributed by atoms with Crippen molar-refractivity contribution in [2.45, 2.75) is 13.8 Å². The summed E-state index contributed by atoms with van der Waals surface area (Å²) in [6.45, 7) is 4.00. The van der Waals surface area contributed by atoms with Crippen molar-refractivity contribution in [3.8, 4) is 28.7 Å². The summed E-state index contributed by atoms with van der Waals surface area (Å²) >= 11 is 0. The van der Waals surface area contributed by atoms with Crippen LogP contribution in [0.4, 0.5) is 0 Å². The number of hydrogen-bond donors (Lipinski definition) is 1. The van der Waals surface area contributed by atoms with Crippen molar-refractivity contribution < 1.29 is 14.6 Å². The highest BCUT2D eigenvalue weighted by Crippen LogP contribution is 2.35. The van der Waals surface area contributed by atoms with Crippen LogP contribution >= 0.6 is 0 Å². The summed E-state index contributed by atoms with van der Waals surface area (Å²) in [6.07, 6.45) is 0. The Balaban J connectivity index is 1.84. The molecule has 0 amide bonds. The van der Waals surface area contributed by atoms with Crippen LogP contribution < -0.4 is 9.47 Å². The Kier molecular flexibility index (Phi) is 4.20. The second-order valence-electron chi connectivity index (χ2n) is 5.47. The quantitative estimate of drug-likeness (QED) is 0.682. The standard InChI is InChI=1S/C20H18O3/c1-14-5-3-7-16(11-14)22-18-9-10-19(21)20(13-18)23-17-8-4-6-15(2)12-17/h3-13,21H,1-2H3. The SMILES string of the molecule is Cc1cccc(Oc2ccc(O)c(Oc3cccc(C)c3)c2)c1. The summed E-state index contributed by atoms with van der Waals surface area (Å²) in [5.41, 5.74) is 2.21. The van der Waals surface area contributed by atoms with E-state index in [1.165, 1.54) is 0 Å². The van der Waals surface area contributed by atoms with Gasteiger partial charge in [0.25, 0.3) is 0 Å². The Labute approximate surface area is 135 Å². The lowest BCUT2D eigenvalue weighted by Gasteiger charge is -2.11. The van der Waals surface area contributed by atoms with Gasteiger partial charge in [0.2, 0.25) is 0 Å². The number of rotatable bonds is 4. The Hall–Kier alpha value is -2.94. The Morgan fingerprint density at radius 1 is 0.652 bits per heavy atom. The zero-order chi connectivity index (χ0) is 16.2. The summed E-state index contributed by atoms with van der Waals surface area (Å²) < 4.78 is 11.6. The summed E-state index contributed by atoms with van der Waals surface area (Å²) in [5.74, 6) is 2.46. The van der Waals surface area contributed by atoms with Crippen molar-refractivity contribution in [3.63, 3.8) is 0 Å². The lowest BCUT2D eigenvalue weighted by molar-refractivity contribution is 0.405. The molecule has 3 rings (SSSR count). The Bertz CT molecular complexity index is 825. The molecule has 0 aliphatic rings. The zero-order valence-electron chi connectivity index (χ0n) is 13.1. The highest BCUT2D eigenvalue weighted by molar-refractivity contribution is 5.48. The van der Waals surface area contributed by atoms with E-state index in [9.17, 15) is 5.11 Å². The molecule has 3 nitrogen and oxygen atoms in total. The summed E-state index contributed by atoms with van der Waals surface area (Å²) in [7, 11) is 0. The van der Waals surface area contributed by atoms with Crippen molar-refractivity contribution in [2.24, 2.45) is 0 Å². The number of ether oxygens (including phenoxy) is 2. The van der Waals surface area contributed by atoms with Crippen molar-refractivity contribution in [1.29, 1.82) is 0 Å².